The third-order valence-corrected chi connectivity index (χ3v) is 4.80. The molecule has 2 aromatic heterocycles. The number of cyclic esters (lactones) is 2. The van der Waals surface area contributed by atoms with Crippen LogP contribution in [0.1, 0.15) is 29.9 Å². The van der Waals surface area contributed by atoms with Crippen molar-refractivity contribution >= 4 is 12.1 Å². The second-order valence-electron chi connectivity index (χ2n) is 6.98. The summed E-state index contributed by atoms with van der Waals surface area (Å²) in [6.07, 6.45) is 3.05. The van der Waals surface area contributed by atoms with Crippen molar-refractivity contribution in [3.05, 3.63) is 65.7 Å². The summed E-state index contributed by atoms with van der Waals surface area (Å²) in [5.74, 6) is 1.26. The van der Waals surface area contributed by atoms with Crippen LogP contribution >= 0.6 is 0 Å². The van der Waals surface area contributed by atoms with Gasteiger partial charge in [-0.25, -0.2) is 19.6 Å². The minimum absolute atomic E-state index is 0.262. The Hall–Kier alpha value is -3.68. The summed E-state index contributed by atoms with van der Waals surface area (Å²) in [4.78, 5) is 31.3. The molecular weight excluding hydrogens is 386 g/mol. The molecule has 1 aromatic carbocycles. The number of alkyl carbamates (subject to hydrolysis) is 1. The molecule has 1 saturated heterocycles. The summed E-state index contributed by atoms with van der Waals surface area (Å²) in [5, 5.41) is 2.49. The minimum atomic E-state index is -0.675. The number of carbonyl (C=O) groups is 2. The largest absolute Gasteiger partial charge is 0.471 e. The molecule has 4 rings (SSSR count). The van der Waals surface area contributed by atoms with Crippen LogP contribution in [0, 0.1) is 6.92 Å². The standard InChI is InChI=1S/C22H21N3O5/c1-14-18(24-20(29-14)16-7-3-2-4-8-16)13-28-19-11-10-15(12-23-19)6-5-9-17-21(26)30-22(27)25-17/h2-4,7-8,10-12,17H,5-6,9,13H2,1H3,(H,25,27). The van der Waals surface area contributed by atoms with Crippen LogP contribution in [-0.4, -0.2) is 28.1 Å². The van der Waals surface area contributed by atoms with Crippen molar-refractivity contribution in [1.29, 1.82) is 0 Å². The van der Waals surface area contributed by atoms with E-state index in [-0.39, 0.29) is 6.61 Å². The maximum atomic E-state index is 11.4. The fourth-order valence-corrected chi connectivity index (χ4v) is 3.15. The molecule has 1 aliphatic heterocycles. The van der Waals surface area contributed by atoms with Gasteiger partial charge in [0.25, 0.3) is 0 Å². The van der Waals surface area contributed by atoms with Gasteiger partial charge in [0.1, 0.15) is 24.1 Å². The zero-order chi connectivity index (χ0) is 20.9. The molecule has 1 amide bonds. The number of benzene rings is 1. The molecule has 1 unspecified atom stereocenters. The van der Waals surface area contributed by atoms with Crippen LogP contribution in [0.3, 0.4) is 0 Å². The Morgan fingerprint density at radius 1 is 1.13 bits per heavy atom. The number of carbonyl (C=O) groups excluding carboxylic acids is 2. The highest BCUT2D eigenvalue weighted by Crippen LogP contribution is 2.22. The smallest absolute Gasteiger partial charge is 0.415 e. The molecule has 0 spiro atoms. The summed E-state index contributed by atoms with van der Waals surface area (Å²) >= 11 is 0. The highest BCUT2D eigenvalue weighted by Gasteiger charge is 2.31. The van der Waals surface area contributed by atoms with E-state index < -0.39 is 18.1 Å². The number of amides is 1. The van der Waals surface area contributed by atoms with Gasteiger partial charge in [0, 0.05) is 17.8 Å². The number of rotatable bonds is 8. The monoisotopic (exact) mass is 407 g/mol. The fourth-order valence-electron chi connectivity index (χ4n) is 3.15. The number of aromatic nitrogens is 2. The predicted octanol–water partition coefficient (Wildman–Crippen LogP) is 3.58. The number of nitrogens with one attached hydrogen (secondary N) is 1. The Bertz CT molecular complexity index is 1030. The normalized spacial score (nSPS) is 15.7. The molecule has 0 radical (unpaired) electrons. The fraction of sp³-hybridized carbons (Fsp3) is 0.273. The molecule has 1 atom stereocenters. The summed E-state index contributed by atoms with van der Waals surface area (Å²) in [5.41, 5.74) is 2.66. The van der Waals surface area contributed by atoms with Gasteiger partial charge >= 0.3 is 12.1 Å². The lowest BCUT2D eigenvalue weighted by atomic mass is 10.1. The molecule has 0 aliphatic carbocycles. The number of oxazole rings is 1. The molecule has 30 heavy (non-hydrogen) atoms. The topological polar surface area (TPSA) is 104 Å². The summed E-state index contributed by atoms with van der Waals surface area (Å²) < 4.78 is 15.9. The maximum Gasteiger partial charge on any atom is 0.415 e. The number of ether oxygens (including phenoxy) is 2. The molecule has 3 aromatic rings. The van der Waals surface area contributed by atoms with E-state index in [2.05, 4.69) is 20.0 Å². The van der Waals surface area contributed by atoms with Gasteiger partial charge in [-0.05, 0) is 43.9 Å². The molecule has 154 valence electrons. The van der Waals surface area contributed by atoms with Crippen LogP contribution in [0.2, 0.25) is 0 Å². The van der Waals surface area contributed by atoms with E-state index in [1.54, 1.807) is 12.3 Å². The molecule has 1 aliphatic rings. The minimum Gasteiger partial charge on any atom is -0.471 e. The number of esters is 1. The highest BCUT2D eigenvalue weighted by atomic mass is 16.6. The first kappa shape index (κ1) is 19.6. The Balaban J connectivity index is 1.27. The van der Waals surface area contributed by atoms with E-state index in [9.17, 15) is 9.59 Å². The molecule has 1 fully saturated rings. The Labute approximate surface area is 173 Å². The van der Waals surface area contributed by atoms with Crippen LogP contribution in [0.4, 0.5) is 4.79 Å². The predicted molar refractivity (Wildman–Crippen MR) is 107 cm³/mol. The van der Waals surface area contributed by atoms with Gasteiger partial charge in [-0.3, -0.25) is 0 Å². The maximum absolute atomic E-state index is 11.4. The summed E-state index contributed by atoms with van der Waals surface area (Å²) in [6, 6.07) is 12.9. The number of hydrogen-bond acceptors (Lipinski definition) is 7. The summed E-state index contributed by atoms with van der Waals surface area (Å²) in [6.45, 7) is 2.12. The molecule has 3 heterocycles. The molecule has 8 heteroatoms. The summed E-state index contributed by atoms with van der Waals surface area (Å²) in [7, 11) is 0. The zero-order valence-corrected chi connectivity index (χ0v) is 16.5. The average Bonchev–Trinajstić information content (AvgIpc) is 3.29. The average molecular weight is 407 g/mol. The van der Waals surface area contributed by atoms with Crippen molar-refractivity contribution in [3.8, 4) is 17.3 Å². The molecule has 0 saturated carbocycles. The molecule has 0 bridgehead atoms. The number of nitrogens with zero attached hydrogens (tertiary/aromatic N) is 2. The first-order valence-corrected chi connectivity index (χ1v) is 9.70. The van der Waals surface area contributed by atoms with Crippen molar-refractivity contribution in [2.45, 2.75) is 38.8 Å². The van der Waals surface area contributed by atoms with Crippen molar-refractivity contribution < 1.29 is 23.5 Å². The second kappa shape index (κ2) is 8.77. The highest BCUT2D eigenvalue weighted by molar-refractivity contribution is 5.95. The van der Waals surface area contributed by atoms with Crippen molar-refractivity contribution in [2.24, 2.45) is 0 Å². The van der Waals surface area contributed by atoms with E-state index in [4.69, 9.17) is 9.15 Å². The lowest BCUT2D eigenvalue weighted by molar-refractivity contribution is -0.135. The number of hydrogen-bond donors (Lipinski definition) is 1. The van der Waals surface area contributed by atoms with E-state index in [0.717, 1.165) is 29.7 Å². The van der Waals surface area contributed by atoms with Crippen molar-refractivity contribution in [1.82, 2.24) is 15.3 Å². The quantitative estimate of drug-likeness (QED) is 0.450. The number of pyridine rings is 1. The van der Waals surface area contributed by atoms with Gasteiger partial charge in [0.05, 0.1) is 0 Å². The third-order valence-electron chi connectivity index (χ3n) is 4.80. The van der Waals surface area contributed by atoms with E-state index in [1.165, 1.54) is 0 Å². The van der Waals surface area contributed by atoms with E-state index in [0.29, 0.717) is 24.0 Å². The zero-order valence-electron chi connectivity index (χ0n) is 16.5. The Morgan fingerprint density at radius 3 is 2.67 bits per heavy atom. The van der Waals surface area contributed by atoms with Crippen LogP contribution in [0.15, 0.2) is 53.1 Å². The first-order chi connectivity index (χ1) is 14.6. The Kier molecular flexibility index (Phi) is 5.74. The van der Waals surface area contributed by atoms with Gasteiger partial charge < -0.3 is 19.2 Å². The Morgan fingerprint density at radius 2 is 1.97 bits per heavy atom. The molecule has 8 nitrogen and oxygen atoms in total. The third kappa shape index (κ3) is 4.65. The van der Waals surface area contributed by atoms with Gasteiger partial charge in [0.15, 0.2) is 0 Å². The van der Waals surface area contributed by atoms with Crippen LogP contribution in [-0.2, 0) is 22.6 Å². The van der Waals surface area contributed by atoms with Crippen LogP contribution < -0.4 is 10.1 Å². The van der Waals surface area contributed by atoms with Gasteiger partial charge in [0.2, 0.25) is 11.8 Å². The molecule has 1 N–H and O–H groups in total. The lowest BCUT2D eigenvalue weighted by Gasteiger charge is -2.07. The number of aryl methyl sites for hydroxylation is 2. The van der Waals surface area contributed by atoms with Gasteiger partial charge in [-0.2, -0.15) is 0 Å². The molecular formula is C22H21N3O5. The first-order valence-electron chi connectivity index (χ1n) is 9.70. The van der Waals surface area contributed by atoms with Crippen molar-refractivity contribution in [3.63, 3.8) is 0 Å². The van der Waals surface area contributed by atoms with E-state index >= 15 is 0 Å². The van der Waals surface area contributed by atoms with E-state index in [1.807, 2.05) is 43.3 Å². The second-order valence-corrected chi connectivity index (χ2v) is 6.98. The SMILES string of the molecule is Cc1oc(-c2ccccc2)nc1COc1ccc(CCCC2NC(=O)OC2=O)cn1. The van der Waals surface area contributed by atoms with Crippen LogP contribution in [0.25, 0.3) is 11.5 Å². The van der Waals surface area contributed by atoms with Crippen LogP contribution in [0.5, 0.6) is 5.88 Å². The van der Waals surface area contributed by atoms with Gasteiger partial charge in [-0.1, -0.05) is 24.3 Å². The lowest BCUT2D eigenvalue weighted by Crippen LogP contribution is -2.28. The van der Waals surface area contributed by atoms with Crippen molar-refractivity contribution in [2.75, 3.05) is 0 Å². The van der Waals surface area contributed by atoms with Gasteiger partial charge in [-0.15, -0.1) is 0 Å².